The molecule has 0 saturated heterocycles. The minimum atomic E-state index is -0.434. The smallest absolute Gasteiger partial charge is 0.299 e. The first-order valence-corrected chi connectivity index (χ1v) is 7.70. The maximum Gasteiger partial charge on any atom is 0.299 e. The van der Waals surface area contributed by atoms with Crippen LogP contribution in [0.3, 0.4) is 0 Å². The maximum absolute atomic E-state index is 11.8. The largest absolute Gasteiger partial charge is 0.371 e. The monoisotopic (exact) mass is 286 g/mol. The average molecular weight is 286 g/mol. The van der Waals surface area contributed by atoms with Gasteiger partial charge in [0.05, 0.1) is 11.3 Å². The highest BCUT2D eigenvalue weighted by atomic mass is 16.2. The Bertz CT molecular complexity index is 596. The Morgan fingerprint density at radius 3 is 2.62 bits per heavy atom. The molecule has 1 aromatic carbocycles. The van der Waals surface area contributed by atoms with Gasteiger partial charge >= 0.3 is 0 Å². The molecule has 0 bridgehead atoms. The summed E-state index contributed by atoms with van der Waals surface area (Å²) in [7, 11) is 3.78. The van der Waals surface area contributed by atoms with Crippen molar-refractivity contribution in [1.82, 2.24) is 0 Å². The summed E-state index contributed by atoms with van der Waals surface area (Å²) in [4.78, 5) is 27.4. The van der Waals surface area contributed by atoms with Gasteiger partial charge in [0, 0.05) is 25.8 Å². The molecule has 1 aliphatic carbocycles. The zero-order valence-corrected chi connectivity index (χ0v) is 12.9. The lowest BCUT2D eigenvalue weighted by Gasteiger charge is -2.38. The van der Waals surface area contributed by atoms with Gasteiger partial charge in [0.25, 0.3) is 11.7 Å². The summed E-state index contributed by atoms with van der Waals surface area (Å²) in [5.74, 6) is -0.151. The fourth-order valence-corrected chi connectivity index (χ4v) is 3.65. The normalized spacial score (nSPS) is 25.2. The van der Waals surface area contributed by atoms with E-state index in [1.807, 2.05) is 12.1 Å². The number of hydrogen-bond donors (Lipinski definition) is 0. The second-order valence-corrected chi connectivity index (χ2v) is 6.33. The maximum atomic E-state index is 11.8. The van der Waals surface area contributed by atoms with Crippen LogP contribution in [0.2, 0.25) is 0 Å². The SMILES string of the molecule is CC1CCCCC1N(C)c1ccc2c(c1)N(C)C(=O)C2=O. The van der Waals surface area contributed by atoms with Crippen molar-refractivity contribution in [2.45, 2.75) is 38.6 Å². The van der Waals surface area contributed by atoms with Crippen molar-refractivity contribution in [3.8, 4) is 0 Å². The van der Waals surface area contributed by atoms with Crippen LogP contribution in [-0.4, -0.2) is 31.8 Å². The first-order chi connectivity index (χ1) is 10.0. The van der Waals surface area contributed by atoms with E-state index in [4.69, 9.17) is 0 Å². The highest BCUT2D eigenvalue weighted by Crippen LogP contribution is 2.35. The van der Waals surface area contributed by atoms with Crippen molar-refractivity contribution in [3.63, 3.8) is 0 Å². The Hall–Kier alpha value is -1.84. The van der Waals surface area contributed by atoms with Gasteiger partial charge in [-0.25, -0.2) is 0 Å². The topological polar surface area (TPSA) is 40.6 Å². The molecule has 2 aliphatic rings. The van der Waals surface area contributed by atoms with Crippen LogP contribution < -0.4 is 9.80 Å². The van der Waals surface area contributed by atoms with E-state index in [9.17, 15) is 9.59 Å². The van der Waals surface area contributed by atoms with Crippen molar-refractivity contribution in [2.75, 3.05) is 23.9 Å². The first kappa shape index (κ1) is 14.1. The molecule has 2 unspecified atom stereocenters. The summed E-state index contributed by atoms with van der Waals surface area (Å²) in [6, 6.07) is 6.26. The molecule has 1 aromatic rings. The molecule has 112 valence electrons. The van der Waals surface area contributed by atoms with E-state index < -0.39 is 11.7 Å². The van der Waals surface area contributed by atoms with Crippen molar-refractivity contribution in [2.24, 2.45) is 5.92 Å². The molecule has 1 amide bonds. The van der Waals surface area contributed by atoms with Crippen LogP contribution in [0.15, 0.2) is 18.2 Å². The van der Waals surface area contributed by atoms with Crippen molar-refractivity contribution < 1.29 is 9.59 Å². The number of nitrogens with zero attached hydrogens (tertiary/aromatic N) is 2. The summed E-state index contributed by atoms with van der Waals surface area (Å²) in [5.41, 5.74) is 2.34. The van der Waals surface area contributed by atoms with Crippen LogP contribution in [0, 0.1) is 5.92 Å². The van der Waals surface area contributed by atoms with Gasteiger partial charge in [-0.1, -0.05) is 19.8 Å². The predicted octanol–water partition coefficient (Wildman–Crippen LogP) is 2.86. The number of rotatable bonds is 2. The Balaban J connectivity index is 1.91. The Morgan fingerprint density at radius 1 is 1.19 bits per heavy atom. The lowest BCUT2D eigenvalue weighted by molar-refractivity contribution is -0.114. The lowest BCUT2D eigenvalue weighted by atomic mass is 9.85. The summed E-state index contributed by atoms with van der Waals surface area (Å²) >= 11 is 0. The Labute approximate surface area is 125 Å². The van der Waals surface area contributed by atoms with Crippen LogP contribution in [0.4, 0.5) is 11.4 Å². The van der Waals surface area contributed by atoms with Crippen LogP contribution >= 0.6 is 0 Å². The van der Waals surface area contributed by atoms with Crippen LogP contribution in [0.1, 0.15) is 43.0 Å². The number of fused-ring (bicyclic) bond motifs is 1. The van der Waals surface area contributed by atoms with Crippen molar-refractivity contribution in [3.05, 3.63) is 23.8 Å². The number of carbonyl (C=O) groups is 2. The van der Waals surface area contributed by atoms with E-state index in [-0.39, 0.29) is 0 Å². The van der Waals surface area contributed by atoms with Gasteiger partial charge in [-0.3, -0.25) is 9.59 Å². The molecule has 0 spiro atoms. The molecule has 3 rings (SSSR count). The molecule has 1 aliphatic heterocycles. The van der Waals surface area contributed by atoms with E-state index in [1.165, 1.54) is 30.6 Å². The highest BCUT2D eigenvalue weighted by Gasteiger charge is 2.34. The third-order valence-electron chi connectivity index (χ3n) is 5.06. The fourth-order valence-electron chi connectivity index (χ4n) is 3.65. The zero-order chi connectivity index (χ0) is 15.1. The van der Waals surface area contributed by atoms with E-state index in [1.54, 1.807) is 13.1 Å². The summed E-state index contributed by atoms with van der Waals surface area (Å²) in [5, 5.41) is 0. The van der Waals surface area contributed by atoms with Gasteiger partial charge in [0.15, 0.2) is 0 Å². The van der Waals surface area contributed by atoms with Gasteiger partial charge < -0.3 is 9.80 Å². The number of anilines is 2. The van der Waals surface area contributed by atoms with Crippen LogP contribution in [0.25, 0.3) is 0 Å². The Kier molecular flexibility index (Phi) is 3.47. The zero-order valence-electron chi connectivity index (χ0n) is 12.9. The number of Topliss-reactive ketones (excluding diaryl/α,β-unsaturated/α-hetero) is 1. The standard InChI is InChI=1S/C17H22N2O2/c1-11-6-4-5-7-14(11)18(2)12-8-9-13-15(10-12)19(3)17(21)16(13)20/h8-11,14H,4-7H2,1-3H3. The second-order valence-electron chi connectivity index (χ2n) is 6.33. The molecule has 2 atom stereocenters. The second kappa shape index (κ2) is 5.17. The van der Waals surface area contributed by atoms with Crippen molar-refractivity contribution >= 4 is 23.1 Å². The summed E-state index contributed by atoms with van der Waals surface area (Å²) < 4.78 is 0. The summed E-state index contributed by atoms with van der Waals surface area (Å²) in [6.45, 7) is 2.31. The molecule has 21 heavy (non-hydrogen) atoms. The number of ketones is 1. The molecule has 4 nitrogen and oxygen atoms in total. The molecular formula is C17H22N2O2. The van der Waals surface area contributed by atoms with E-state index in [2.05, 4.69) is 18.9 Å². The van der Waals surface area contributed by atoms with Gasteiger partial charge in [0.1, 0.15) is 0 Å². The molecule has 1 heterocycles. The minimum Gasteiger partial charge on any atom is -0.371 e. The molecule has 4 heteroatoms. The third kappa shape index (κ3) is 2.23. The highest BCUT2D eigenvalue weighted by molar-refractivity contribution is 6.52. The number of likely N-dealkylation sites (N-methyl/N-ethyl adjacent to an activating group) is 1. The molecule has 0 radical (unpaired) electrons. The first-order valence-electron chi connectivity index (χ1n) is 7.70. The van der Waals surface area contributed by atoms with E-state index in [0.717, 1.165) is 11.4 Å². The number of hydrogen-bond acceptors (Lipinski definition) is 3. The quantitative estimate of drug-likeness (QED) is 0.785. The molecule has 0 aromatic heterocycles. The number of amides is 1. The number of benzene rings is 1. The van der Waals surface area contributed by atoms with Gasteiger partial charge in [-0.15, -0.1) is 0 Å². The van der Waals surface area contributed by atoms with Gasteiger partial charge in [-0.2, -0.15) is 0 Å². The molecular weight excluding hydrogens is 264 g/mol. The Morgan fingerprint density at radius 2 is 1.90 bits per heavy atom. The fraction of sp³-hybridized carbons (Fsp3) is 0.529. The predicted molar refractivity (Wildman–Crippen MR) is 84.0 cm³/mol. The average Bonchev–Trinajstić information content (AvgIpc) is 2.71. The van der Waals surface area contributed by atoms with Gasteiger partial charge in [-0.05, 0) is 37.0 Å². The summed E-state index contributed by atoms with van der Waals surface area (Å²) in [6.07, 6.45) is 5.09. The number of carbonyl (C=O) groups excluding carboxylic acids is 2. The van der Waals surface area contributed by atoms with Crippen LogP contribution in [-0.2, 0) is 4.79 Å². The van der Waals surface area contributed by atoms with Gasteiger partial charge in [0.2, 0.25) is 0 Å². The van der Waals surface area contributed by atoms with Crippen molar-refractivity contribution in [1.29, 1.82) is 0 Å². The minimum absolute atomic E-state index is 0.396. The molecule has 1 saturated carbocycles. The van der Waals surface area contributed by atoms with E-state index >= 15 is 0 Å². The molecule has 1 fully saturated rings. The third-order valence-corrected chi connectivity index (χ3v) is 5.06. The van der Waals surface area contributed by atoms with Crippen LogP contribution in [0.5, 0.6) is 0 Å². The lowest BCUT2D eigenvalue weighted by Crippen LogP contribution is -2.39. The molecule has 0 N–H and O–H groups in total. The van der Waals surface area contributed by atoms with E-state index in [0.29, 0.717) is 17.5 Å².